The lowest BCUT2D eigenvalue weighted by Crippen LogP contribution is -2.46. The van der Waals surface area contributed by atoms with E-state index >= 15 is 0 Å². The lowest BCUT2D eigenvalue weighted by molar-refractivity contribution is -0.139. The molecule has 2 fully saturated rings. The molecule has 1 aromatic heterocycles. The van der Waals surface area contributed by atoms with E-state index in [1.165, 1.54) is 4.57 Å². The highest BCUT2D eigenvalue weighted by molar-refractivity contribution is 8.18. The Hall–Kier alpha value is -2.85. The summed E-state index contributed by atoms with van der Waals surface area (Å²) in [5.74, 6) is -0.749. The van der Waals surface area contributed by atoms with Crippen LogP contribution >= 0.6 is 11.8 Å². The largest absolute Gasteiger partial charge is 0.378 e. The number of carbonyl (C=O) groups is 3. The van der Waals surface area contributed by atoms with Gasteiger partial charge in [-0.1, -0.05) is 6.07 Å². The first-order valence-electron chi connectivity index (χ1n) is 9.13. The molecule has 3 amide bonds. The highest BCUT2D eigenvalue weighted by Crippen LogP contribution is 2.32. The van der Waals surface area contributed by atoms with Crippen LogP contribution in [0.15, 0.2) is 27.9 Å². The zero-order valence-corrected chi connectivity index (χ0v) is 16.9. The average Bonchev–Trinajstić information content (AvgIpc) is 3.11. The van der Waals surface area contributed by atoms with E-state index in [1.54, 1.807) is 47.8 Å². The molecule has 0 unspecified atom stereocenters. The molecular formula is C19H20N4O5S. The molecule has 0 spiro atoms. The molecule has 0 radical (unpaired) electrons. The third-order valence-corrected chi connectivity index (χ3v) is 6.03. The number of carbonyl (C=O) groups excluding carboxylic acids is 3. The van der Waals surface area contributed by atoms with Crippen LogP contribution in [0.2, 0.25) is 0 Å². The van der Waals surface area contributed by atoms with Crippen LogP contribution in [0, 0.1) is 0 Å². The number of imidazole rings is 1. The predicted octanol–water partition coefficient (Wildman–Crippen LogP) is 0.772. The molecule has 2 aliphatic heterocycles. The Bertz CT molecular complexity index is 1110. The van der Waals surface area contributed by atoms with Gasteiger partial charge >= 0.3 is 5.69 Å². The van der Waals surface area contributed by atoms with Crippen LogP contribution < -0.4 is 5.69 Å². The SMILES string of the molecule is Cn1c(=O)n(C)c2cc(C=C3SC(=O)N(CC(=O)N4CCOCC4)C3=O)ccc21. The van der Waals surface area contributed by atoms with Crippen molar-refractivity contribution in [1.29, 1.82) is 0 Å². The Kier molecular flexibility index (Phi) is 5.05. The zero-order valence-electron chi connectivity index (χ0n) is 16.1. The number of thioether (sulfide) groups is 1. The fraction of sp³-hybridized carbons (Fsp3) is 0.368. The van der Waals surface area contributed by atoms with Crippen LogP contribution in [0.4, 0.5) is 4.79 Å². The molecule has 0 N–H and O–H groups in total. The van der Waals surface area contributed by atoms with E-state index in [-0.39, 0.29) is 23.0 Å². The minimum Gasteiger partial charge on any atom is -0.378 e. The number of ether oxygens (including phenoxy) is 1. The van der Waals surface area contributed by atoms with Gasteiger partial charge in [0, 0.05) is 27.2 Å². The molecule has 4 rings (SSSR count). The summed E-state index contributed by atoms with van der Waals surface area (Å²) in [6.07, 6.45) is 1.61. The normalized spacial score (nSPS) is 19.0. The molecule has 152 valence electrons. The van der Waals surface area contributed by atoms with Gasteiger partial charge < -0.3 is 9.64 Å². The Morgan fingerprint density at radius 1 is 1.10 bits per heavy atom. The summed E-state index contributed by atoms with van der Waals surface area (Å²) in [5.41, 5.74) is 2.06. The van der Waals surface area contributed by atoms with E-state index in [9.17, 15) is 19.2 Å². The van der Waals surface area contributed by atoms with E-state index in [0.29, 0.717) is 31.9 Å². The number of hydrogen-bond donors (Lipinski definition) is 0. The number of rotatable bonds is 3. The zero-order chi connectivity index (χ0) is 20.7. The Balaban J connectivity index is 1.56. The second-order valence-electron chi connectivity index (χ2n) is 6.91. The van der Waals surface area contributed by atoms with Crippen molar-refractivity contribution in [1.82, 2.24) is 18.9 Å². The van der Waals surface area contributed by atoms with Gasteiger partial charge in [-0.3, -0.25) is 28.4 Å². The number of benzene rings is 1. The van der Waals surface area contributed by atoms with E-state index < -0.39 is 11.1 Å². The molecule has 0 aliphatic carbocycles. The van der Waals surface area contributed by atoms with Crippen molar-refractivity contribution in [3.8, 4) is 0 Å². The van der Waals surface area contributed by atoms with Crippen molar-refractivity contribution < 1.29 is 19.1 Å². The number of amides is 3. The summed E-state index contributed by atoms with van der Waals surface area (Å²) >= 11 is 0.813. The highest BCUT2D eigenvalue weighted by Gasteiger charge is 2.37. The molecule has 2 aliphatic rings. The van der Waals surface area contributed by atoms with Gasteiger partial charge in [0.25, 0.3) is 11.1 Å². The number of aryl methyl sites for hydroxylation is 2. The van der Waals surface area contributed by atoms with E-state index in [4.69, 9.17) is 4.74 Å². The lowest BCUT2D eigenvalue weighted by atomic mass is 10.2. The topological polar surface area (TPSA) is 93.8 Å². The Morgan fingerprint density at radius 3 is 2.52 bits per heavy atom. The second-order valence-corrected chi connectivity index (χ2v) is 7.90. The summed E-state index contributed by atoms with van der Waals surface area (Å²) < 4.78 is 8.29. The van der Waals surface area contributed by atoms with Crippen LogP contribution in [0.3, 0.4) is 0 Å². The third kappa shape index (κ3) is 3.49. The standard InChI is InChI=1S/C19H20N4O5S/c1-20-13-4-3-12(9-14(13)21(2)18(20)26)10-15-17(25)23(19(27)29-15)11-16(24)22-5-7-28-8-6-22/h3-4,9-10H,5-8,11H2,1-2H3. The Morgan fingerprint density at radius 2 is 1.79 bits per heavy atom. The molecule has 2 aromatic rings. The van der Waals surface area contributed by atoms with Gasteiger partial charge in [-0.05, 0) is 35.5 Å². The second kappa shape index (κ2) is 7.53. The maximum Gasteiger partial charge on any atom is 0.328 e. The molecule has 1 aromatic carbocycles. The third-order valence-electron chi connectivity index (χ3n) is 5.12. The number of hydrogen-bond acceptors (Lipinski definition) is 6. The molecule has 3 heterocycles. The van der Waals surface area contributed by atoms with Gasteiger partial charge in [-0.15, -0.1) is 0 Å². The molecule has 0 atom stereocenters. The maximum atomic E-state index is 12.7. The molecule has 0 saturated carbocycles. The predicted molar refractivity (Wildman–Crippen MR) is 108 cm³/mol. The van der Waals surface area contributed by atoms with Crippen LogP contribution in [-0.4, -0.2) is 68.8 Å². The van der Waals surface area contributed by atoms with Gasteiger partial charge in [0.05, 0.1) is 29.2 Å². The lowest BCUT2D eigenvalue weighted by Gasteiger charge is -2.28. The van der Waals surface area contributed by atoms with Gasteiger partial charge in [0.2, 0.25) is 5.91 Å². The van der Waals surface area contributed by atoms with E-state index in [2.05, 4.69) is 0 Å². The number of imide groups is 1. The highest BCUT2D eigenvalue weighted by atomic mass is 32.2. The quantitative estimate of drug-likeness (QED) is 0.687. The smallest absolute Gasteiger partial charge is 0.328 e. The van der Waals surface area contributed by atoms with Crippen molar-refractivity contribution in [3.05, 3.63) is 39.2 Å². The first-order chi connectivity index (χ1) is 13.9. The number of aromatic nitrogens is 2. The molecule has 0 bridgehead atoms. The summed E-state index contributed by atoms with van der Waals surface area (Å²) in [5, 5.41) is -0.462. The van der Waals surface area contributed by atoms with Gasteiger partial charge in [-0.25, -0.2) is 4.79 Å². The minimum atomic E-state index is -0.483. The van der Waals surface area contributed by atoms with Gasteiger partial charge in [-0.2, -0.15) is 0 Å². The number of nitrogens with zero attached hydrogens (tertiary/aromatic N) is 4. The maximum absolute atomic E-state index is 12.7. The molecule has 10 heteroatoms. The number of morpholine rings is 1. The van der Waals surface area contributed by atoms with E-state index in [1.807, 2.05) is 0 Å². The van der Waals surface area contributed by atoms with Gasteiger partial charge in [0.1, 0.15) is 6.54 Å². The average molecular weight is 416 g/mol. The summed E-state index contributed by atoms with van der Waals surface area (Å²) in [7, 11) is 3.38. The van der Waals surface area contributed by atoms with Crippen molar-refractivity contribution in [2.75, 3.05) is 32.8 Å². The first-order valence-corrected chi connectivity index (χ1v) is 9.95. The van der Waals surface area contributed by atoms with Crippen molar-refractivity contribution in [3.63, 3.8) is 0 Å². The molecule has 2 saturated heterocycles. The molecular weight excluding hydrogens is 396 g/mol. The fourth-order valence-electron chi connectivity index (χ4n) is 3.45. The van der Waals surface area contributed by atoms with Crippen LogP contribution in [0.25, 0.3) is 17.1 Å². The monoisotopic (exact) mass is 416 g/mol. The molecule has 29 heavy (non-hydrogen) atoms. The van der Waals surface area contributed by atoms with Crippen molar-refractivity contribution in [2.24, 2.45) is 14.1 Å². The van der Waals surface area contributed by atoms with Crippen LogP contribution in [0.1, 0.15) is 5.56 Å². The van der Waals surface area contributed by atoms with Gasteiger partial charge in [0.15, 0.2) is 0 Å². The Labute approximate surface area is 170 Å². The summed E-state index contributed by atoms with van der Waals surface area (Å²) in [6.45, 7) is 1.56. The fourth-order valence-corrected chi connectivity index (χ4v) is 4.29. The first kappa shape index (κ1) is 19.5. The van der Waals surface area contributed by atoms with E-state index in [0.717, 1.165) is 27.7 Å². The molecule has 9 nitrogen and oxygen atoms in total. The van der Waals surface area contributed by atoms with Crippen molar-refractivity contribution in [2.45, 2.75) is 0 Å². The van der Waals surface area contributed by atoms with Crippen LogP contribution in [-0.2, 0) is 28.4 Å². The summed E-state index contributed by atoms with van der Waals surface area (Å²) in [6, 6.07) is 5.38. The minimum absolute atomic E-state index is 0.140. The summed E-state index contributed by atoms with van der Waals surface area (Å²) in [4.78, 5) is 52.3. The van der Waals surface area contributed by atoms with Crippen LogP contribution in [0.5, 0.6) is 0 Å². The van der Waals surface area contributed by atoms with Crippen molar-refractivity contribution >= 4 is 45.9 Å². The number of fused-ring (bicyclic) bond motifs is 1.